The van der Waals surface area contributed by atoms with Crippen LogP contribution < -0.4 is 0 Å². The van der Waals surface area contributed by atoms with Gasteiger partial charge in [0.25, 0.3) is 0 Å². The van der Waals surface area contributed by atoms with Gasteiger partial charge in [0.05, 0.1) is 19.5 Å². The van der Waals surface area contributed by atoms with E-state index < -0.39 is 10.4 Å². The summed E-state index contributed by atoms with van der Waals surface area (Å²) in [5, 5.41) is 0. The first-order chi connectivity index (χ1) is 7.64. The molecule has 0 saturated heterocycles. The predicted molar refractivity (Wildman–Crippen MR) is 58.0 cm³/mol. The van der Waals surface area contributed by atoms with Crippen LogP contribution in [0.3, 0.4) is 0 Å². The second-order valence-corrected chi connectivity index (χ2v) is 4.49. The van der Waals surface area contributed by atoms with Crippen molar-refractivity contribution in [3.63, 3.8) is 0 Å². The zero-order chi connectivity index (χ0) is 11.9. The molecule has 16 heavy (non-hydrogen) atoms. The van der Waals surface area contributed by atoms with E-state index in [1.54, 1.807) is 23.3 Å². The Balaban J connectivity index is 2.20. The summed E-state index contributed by atoms with van der Waals surface area (Å²) in [6, 6.07) is 0. The van der Waals surface area contributed by atoms with Gasteiger partial charge in [-0.2, -0.15) is 8.42 Å². The molecule has 1 aromatic heterocycles. The Hall–Kier alpha value is -0.920. The third-order valence-electron chi connectivity index (χ3n) is 1.86. The van der Waals surface area contributed by atoms with Crippen molar-refractivity contribution in [2.45, 2.75) is 26.3 Å². The monoisotopic (exact) mass is 248 g/mol. The molecule has 0 atom stereocenters. The highest BCUT2D eigenvalue weighted by atomic mass is 32.3. The van der Waals surface area contributed by atoms with Crippen molar-refractivity contribution in [1.82, 2.24) is 9.55 Å². The molecule has 0 aliphatic carbocycles. The van der Waals surface area contributed by atoms with E-state index in [0.717, 1.165) is 6.42 Å². The van der Waals surface area contributed by atoms with E-state index in [1.807, 2.05) is 6.92 Å². The van der Waals surface area contributed by atoms with Crippen LogP contribution in [0.15, 0.2) is 18.7 Å². The van der Waals surface area contributed by atoms with Crippen molar-refractivity contribution in [2.75, 3.05) is 13.2 Å². The van der Waals surface area contributed by atoms with E-state index in [1.165, 1.54) is 0 Å². The van der Waals surface area contributed by atoms with E-state index in [0.29, 0.717) is 13.0 Å². The first-order valence-electron chi connectivity index (χ1n) is 5.13. The van der Waals surface area contributed by atoms with Gasteiger partial charge in [0, 0.05) is 18.9 Å². The van der Waals surface area contributed by atoms with Gasteiger partial charge in [-0.15, -0.1) is 0 Å². The lowest BCUT2D eigenvalue weighted by Gasteiger charge is -2.05. The van der Waals surface area contributed by atoms with Gasteiger partial charge >= 0.3 is 10.4 Å². The molecule has 0 fully saturated rings. The van der Waals surface area contributed by atoms with Gasteiger partial charge < -0.3 is 4.57 Å². The van der Waals surface area contributed by atoms with E-state index in [2.05, 4.69) is 13.4 Å². The molecule has 0 aliphatic rings. The van der Waals surface area contributed by atoms with Crippen molar-refractivity contribution < 1.29 is 16.8 Å². The number of unbranched alkanes of at least 4 members (excludes halogenated alkanes) is 1. The molecule has 0 spiro atoms. The molecular formula is C9H16N2O4S. The summed E-state index contributed by atoms with van der Waals surface area (Å²) < 4.78 is 33.3. The summed E-state index contributed by atoms with van der Waals surface area (Å²) in [7, 11) is -3.84. The van der Waals surface area contributed by atoms with Crippen molar-refractivity contribution in [1.29, 1.82) is 0 Å². The predicted octanol–water partition coefficient (Wildman–Crippen LogP) is 0.961. The lowest BCUT2D eigenvalue weighted by Crippen LogP contribution is -2.14. The molecule has 0 saturated carbocycles. The maximum atomic E-state index is 11.2. The molecule has 7 heteroatoms. The molecule has 1 heterocycles. The molecule has 0 unspecified atom stereocenters. The Kier molecular flexibility index (Phi) is 5.44. The maximum absolute atomic E-state index is 11.2. The fourth-order valence-electron chi connectivity index (χ4n) is 1.00. The molecule has 0 N–H and O–H groups in total. The number of hydrogen-bond acceptors (Lipinski definition) is 5. The highest BCUT2D eigenvalue weighted by molar-refractivity contribution is 7.81. The van der Waals surface area contributed by atoms with E-state index in [-0.39, 0.29) is 13.2 Å². The summed E-state index contributed by atoms with van der Waals surface area (Å²) >= 11 is 0. The molecular weight excluding hydrogens is 232 g/mol. The standard InChI is InChI=1S/C9H16N2O4S/c1-2-3-7-14-16(12,13)15-8-6-11-5-4-10-9-11/h4-5,9H,2-3,6-8H2,1H3. The minimum atomic E-state index is -3.84. The van der Waals surface area contributed by atoms with Crippen LogP contribution in [0, 0.1) is 0 Å². The Morgan fingerprint density at radius 3 is 2.69 bits per heavy atom. The highest BCUT2D eigenvalue weighted by Gasteiger charge is 2.10. The van der Waals surface area contributed by atoms with Crippen LogP contribution in [-0.4, -0.2) is 31.2 Å². The van der Waals surface area contributed by atoms with Crippen LogP contribution in [0.2, 0.25) is 0 Å². The van der Waals surface area contributed by atoms with Crippen molar-refractivity contribution in [3.05, 3.63) is 18.7 Å². The van der Waals surface area contributed by atoms with Crippen molar-refractivity contribution >= 4 is 10.4 Å². The lowest BCUT2D eigenvalue weighted by atomic mass is 10.4. The summed E-state index contributed by atoms with van der Waals surface area (Å²) in [6.45, 7) is 2.60. The quantitative estimate of drug-likeness (QED) is 0.641. The summed E-state index contributed by atoms with van der Waals surface area (Å²) in [4.78, 5) is 3.82. The minimum Gasteiger partial charge on any atom is -0.335 e. The molecule has 0 radical (unpaired) electrons. The largest absolute Gasteiger partial charge is 0.399 e. The SMILES string of the molecule is CCCCOS(=O)(=O)OCCn1ccnc1. The summed E-state index contributed by atoms with van der Waals surface area (Å²) in [6.07, 6.45) is 6.52. The van der Waals surface area contributed by atoms with Gasteiger partial charge in [-0.25, -0.2) is 13.4 Å². The molecule has 1 aromatic rings. The minimum absolute atomic E-state index is 0.0464. The van der Waals surface area contributed by atoms with E-state index in [4.69, 9.17) is 0 Å². The second kappa shape index (κ2) is 6.62. The molecule has 92 valence electrons. The van der Waals surface area contributed by atoms with Crippen LogP contribution in [-0.2, 0) is 25.3 Å². The van der Waals surface area contributed by atoms with Gasteiger partial charge in [0.2, 0.25) is 0 Å². The molecule has 0 aromatic carbocycles. The van der Waals surface area contributed by atoms with Gasteiger partial charge in [-0.05, 0) is 6.42 Å². The number of nitrogens with zero attached hydrogens (tertiary/aromatic N) is 2. The fourth-order valence-corrected chi connectivity index (χ4v) is 1.67. The first kappa shape index (κ1) is 13.1. The lowest BCUT2D eigenvalue weighted by molar-refractivity contribution is 0.206. The Morgan fingerprint density at radius 1 is 1.31 bits per heavy atom. The van der Waals surface area contributed by atoms with Gasteiger partial charge in [-0.1, -0.05) is 13.3 Å². The Labute approximate surface area is 95.5 Å². The summed E-state index contributed by atoms with van der Waals surface area (Å²) in [5.41, 5.74) is 0. The average Bonchev–Trinajstić information content (AvgIpc) is 2.70. The summed E-state index contributed by atoms with van der Waals surface area (Å²) in [5.74, 6) is 0. The normalized spacial score (nSPS) is 11.8. The van der Waals surface area contributed by atoms with Crippen LogP contribution in [0.25, 0.3) is 0 Å². The Morgan fingerprint density at radius 2 is 2.06 bits per heavy atom. The molecule has 0 amide bonds. The number of rotatable bonds is 8. The van der Waals surface area contributed by atoms with E-state index >= 15 is 0 Å². The van der Waals surface area contributed by atoms with Crippen LogP contribution in [0.1, 0.15) is 19.8 Å². The first-order valence-corrected chi connectivity index (χ1v) is 6.47. The topological polar surface area (TPSA) is 70.4 Å². The van der Waals surface area contributed by atoms with Crippen molar-refractivity contribution in [2.24, 2.45) is 0 Å². The zero-order valence-electron chi connectivity index (χ0n) is 9.20. The van der Waals surface area contributed by atoms with Gasteiger partial charge in [-0.3, -0.25) is 0 Å². The molecule has 0 bridgehead atoms. The molecule has 1 rings (SSSR count). The van der Waals surface area contributed by atoms with Gasteiger partial charge in [0.1, 0.15) is 0 Å². The third-order valence-corrected chi connectivity index (χ3v) is 2.77. The van der Waals surface area contributed by atoms with Crippen LogP contribution in [0.5, 0.6) is 0 Å². The van der Waals surface area contributed by atoms with Crippen LogP contribution in [0.4, 0.5) is 0 Å². The number of hydrogen-bond donors (Lipinski definition) is 0. The third kappa shape index (κ3) is 5.24. The average molecular weight is 248 g/mol. The van der Waals surface area contributed by atoms with Gasteiger partial charge in [0.15, 0.2) is 0 Å². The number of imidazole rings is 1. The Bertz CT molecular complexity index is 374. The van der Waals surface area contributed by atoms with Crippen molar-refractivity contribution in [3.8, 4) is 0 Å². The molecule has 6 nitrogen and oxygen atoms in total. The number of aromatic nitrogens is 2. The maximum Gasteiger partial charge on any atom is 0.399 e. The molecule has 0 aliphatic heterocycles. The highest BCUT2D eigenvalue weighted by Crippen LogP contribution is 1.99. The van der Waals surface area contributed by atoms with E-state index in [9.17, 15) is 8.42 Å². The second-order valence-electron chi connectivity index (χ2n) is 3.21. The smallest absolute Gasteiger partial charge is 0.335 e. The van der Waals surface area contributed by atoms with Crippen LogP contribution >= 0.6 is 0 Å². The fraction of sp³-hybridized carbons (Fsp3) is 0.667. The zero-order valence-corrected chi connectivity index (χ0v) is 10.0.